The van der Waals surface area contributed by atoms with E-state index >= 15 is 0 Å². The second kappa shape index (κ2) is 7.62. The minimum atomic E-state index is -4.50. The van der Waals surface area contributed by atoms with Gasteiger partial charge in [0.05, 0.1) is 29.6 Å². The van der Waals surface area contributed by atoms with Crippen LogP contribution in [-0.4, -0.2) is 34.7 Å². The first-order chi connectivity index (χ1) is 14.3. The molecule has 10 heteroatoms. The van der Waals surface area contributed by atoms with E-state index in [0.717, 1.165) is 24.3 Å². The second-order valence-electron chi connectivity index (χ2n) is 6.36. The lowest BCUT2D eigenvalue weighted by Gasteiger charge is -2.12. The number of alkyl halides is 3. The molecule has 3 aromatic rings. The van der Waals surface area contributed by atoms with Crippen molar-refractivity contribution in [1.82, 2.24) is 9.78 Å². The van der Waals surface area contributed by atoms with Crippen LogP contribution in [0.2, 0.25) is 0 Å². The largest absolute Gasteiger partial charge is 0.475 e. The summed E-state index contributed by atoms with van der Waals surface area (Å²) in [7, 11) is 0. The third-order valence-corrected chi connectivity index (χ3v) is 4.36. The van der Waals surface area contributed by atoms with E-state index in [4.69, 9.17) is 4.74 Å². The van der Waals surface area contributed by atoms with Crippen molar-refractivity contribution in [3.05, 3.63) is 77.2 Å². The van der Waals surface area contributed by atoms with Crippen molar-refractivity contribution in [3.63, 3.8) is 0 Å². The van der Waals surface area contributed by atoms with Gasteiger partial charge >= 0.3 is 6.18 Å². The summed E-state index contributed by atoms with van der Waals surface area (Å²) < 4.78 is 58.4. The van der Waals surface area contributed by atoms with Crippen molar-refractivity contribution < 1.29 is 27.1 Å². The number of benzene rings is 2. The highest BCUT2D eigenvalue weighted by Gasteiger charge is 2.30. The minimum Gasteiger partial charge on any atom is -0.475 e. The average Bonchev–Trinajstić information content (AvgIpc) is 3.38. The Labute approximate surface area is 167 Å². The fraction of sp³-hybridized carbons (Fsp3) is 0.150. The number of hydrogen-bond acceptors (Lipinski definition) is 4. The summed E-state index contributed by atoms with van der Waals surface area (Å²) in [6.07, 6.45) is -3.06. The predicted molar refractivity (Wildman–Crippen MR) is 100 cm³/mol. The van der Waals surface area contributed by atoms with Crippen LogP contribution < -0.4 is 5.32 Å². The van der Waals surface area contributed by atoms with Gasteiger partial charge in [0.25, 0.3) is 5.91 Å². The molecule has 30 heavy (non-hydrogen) atoms. The summed E-state index contributed by atoms with van der Waals surface area (Å²) >= 11 is 0. The monoisotopic (exact) mass is 418 g/mol. The van der Waals surface area contributed by atoms with Crippen LogP contribution in [0.15, 0.2) is 59.7 Å². The molecule has 1 aliphatic heterocycles. The number of hydrogen-bond donors (Lipinski definition) is 1. The molecule has 2 aromatic carbocycles. The van der Waals surface area contributed by atoms with E-state index in [1.807, 2.05) is 0 Å². The molecule has 1 amide bonds. The van der Waals surface area contributed by atoms with Gasteiger partial charge in [-0.25, -0.2) is 14.1 Å². The van der Waals surface area contributed by atoms with Crippen molar-refractivity contribution in [2.75, 3.05) is 18.5 Å². The molecule has 1 N–H and O–H groups in total. The van der Waals surface area contributed by atoms with Gasteiger partial charge in [-0.1, -0.05) is 0 Å². The molecule has 0 fully saturated rings. The molecular weight excluding hydrogens is 404 g/mol. The number of halogens is 4. The van der Waals surface area contributed by atoms with Crippen LogP contribution in [0.4, 0.5) is 23.4 Å². The van der Waals surface area contributed by atoms with Gasteiger partial charge in [-0.15, -0.1) is 0 Å². The van der Waals surface area contributed by atoms with Crippen LogP contribution in [0, 0.1) is 5.82 Å². The van der Waals surface area contributed by atoms with E-state index in [1.54, 1.807) is 0 Å². The summed E-state index contributed by atoms with van der Waals surface area (Å²) in [5, 5.41) is 6.87. The Morgan fingerprint density at radius 3 is 2.37 bits per heavy atom. The fourth-order valence-electron chi connectivity index (χ4n) is 2.89. The number of carbonyl (C=O) groups is 1. The zero-order valence-electron chi connectivity index (χ0n) is 15.3. The second-order valence-corrected chi connectivity index (χ2v) is 6.36. The number of nitrogens with zero attached hydrogens (tertiary/aromatic N) is 3. The van der Waals surface area contributed by atoms with Crippen molar-refractivity contribution in [3.8, 4) is 5.69 Å². The number of amides is 1. The van der Waals surface area contributed by atoms with Crippen LogP contribution in [-0.2, 0) is 10.9 Å². The molecule has 1 aliphatic rings. The van der Waals surface area contributed by atoms with Gasteiger partial charge < -0.3 is 10.1 Å². The van der Waals surface area contributed by atoms with Gasteiger partial charge in [-0.05, 0) is 48.5 Å². The average molecular weight is 418 g/mol. The molecule has 4 rings (SSSR count). The highest BCUT2D eigenvalue weighted by Crippen LogP contribution is 2.29. The Morgan fingerprint density at radius 1 is 1.07 bits per heavy atom. The van der Waals surface area contributed by atoms with Crippen LogP contribution in [0.1, 0.15) is 21.5 Å². The van der Waals surface area contributed by atoms with Crippen LogP contribution in [0.3, 0.4) is 0 Å². The number of carbonyl (C=O) groups excluding carboxylic acids is 1. The standard InChI is InChI=1S/C20H14F4N4O2/c21-14-5-7-15(8-6-14)28-17(16(11-26-28)19-25-9-10-30-19)27-18(29)12-1-3-13(4-2-12)20(22,23)24/h1-8,11H,9-10H2,(H,27,29). The normalized spacial score (nSPS) is 13.7. The summed E-state index contributed by atoms with van der Waals surface area (Å²) in [6, 6.07) is 9.24. The Bertz CT molecular complexity index is 1100. The minimum absolute atomic E-state index is 0.0232. The lowest BCUT2D eigenvalue weighted by atomic mass is 10.1. The molecule has 0 aliphatic carbocycles. The Hall–Kier alpha value is -3.69. The maximum Gasteiger partial charge on any atom is 0.416 e. The number of nitrogens with one attached hydrogen (secondary N) is 1. The fourth-order valence-corrected chi connectivity index (χ4v) is 2.89. The van der Waals surface area contributed by atoms with Gasteiger partial charge in [-0.3, -0.25) is 4.79 Å². The molecule has 0 radical (unpaired) electrons. The lowest BCUT2D eigenvalue weighted by molar-refractivity contribution is -0.137. The molecule has 154 valence electrons. The van der Waals surface area contributed by atoms with Crippen molar-refractivity contribution >= 4 is 17.6 Å². The van der Waals surface area contributed by atoms with Gasteiger partial charge in [0.1, 0.15) is 18.2 Å². The topological polar surface area (TPSA) is 68.5 Å². The van der Waals surface area contributed by atoms with E-state index in [0.29, 0.717) is 24.4 Å². The molecule has 0 bridgehead atoms. The summed E-state index contributed by atoms with van der Waals surface area (Å²) in [5.74, 6) is -0.601. The summed E-state index contributed by atoms with van der Waals surface area (Å²) in [4.78, 5) is 16.9. The number of anilines is 1. The van der Waals surface area contributed by atoms with E-state index in [1.165, 1.54) is 35.1 Å². The third-order valence-electron chi connectivity index (χ3n) is 4.36. The van der Waals surface area contributed by atoms with E-state index in [-0.39, 0.29) is 17.3 Å². The molecular formula is C20H14F4N4O2. The van der Waals surface area contributed by atoms with Crippen LogP contribution in [0.5, 0.6) is 0 Å². The molecule has 0 spiro atoms. The Balaban J connectivity index is 1.68. The molecule has 0 unspecified atom stereocenters. The zero-order chi connectivity index (χ0) is 21.3. The van der Waals surface area contributed by atoms with Crippen molar-refractivity contribution in [2.24, 2.45) is 4.99 Å². The number of aromatic nitrogens is 2. The molecule has 0 saturated heterocycles. The van der Waals surface area contributed by atoms with Gasteiger partial charge in [0, 0.05) is 5.56 Å². The van der Waals surface area contributed by atoms with E-state index in [2.05, 4.69) is 15.4 Å². The predicted octanol–water partition coefficient (Wildman–Crippen LogP) is 4.06. The third kappa shape index (κ3) is 3.88. The first-order valence-electron chi connectivity index (χ1n) is 8.83. The van der Waals surface area contributed by atoms with Crippen molar-refractivity contribution in [2.45, 2.75) is 6.18 Å². The first-order valence-corrected chi connectivity index (χ1v) is 8.83. The molecule has 0 saturated carbocycles. The first kappa shape index (κ1) is 19.6. The quantitative estimate of drug-likeness (QED) is 0.650. The lowest BCUT2D eigenvalue weighted by Crippen LogP contribution is -2.18. The maximum atomic E-state index is 13.3. The summed E-state index contributed by atoms with van der Waals surface area (Å²) in [6.45, 7) is 0.826. The molecule has 1 aromatic heterocycles. The van der Waals surface area contributed by atoms with Gasteiger partial charge in [0.15, 0.2) is 0 Å². The smallest absolute Gasteiger partial charge is 0.416 e. The molecule has 6 nitrogen and oxygen atoms in total. The molecule has 0 atom stereocenters. The van der Waals surface area contributed by atoms with Crippen LogP contribution >= 0.6 is 0 Å². The van der Waals surface area contributed by atoms with Gasteiger partial charge in [-0.2, -0.15) is 18.3 Å². The molecule has 2 heterocycles. The maximum absolute atomic E-state index is 13.3. The highest BCUT2D eigenvalue weighted by molar-refractivity contribution is 6.08. The highest BCUT2D eigenvalue weighted by atomic mass is 19.4. The van der Waals surface area contributed by atoms with Gasteiger partial charge in [0.2, 0.25) is 5.90 Å². The number of aliphatic imine (C=N–C) groups is 1. The van der Waals surface area contributed by atoms with E-state index in [9.17, 15) is 22.4 Å². The van der Waals surface area contributed by atoms with Crippen LogP contribution in [0.25, 0.3) is 5.69 Å². The Morgan fingerprint density at radius 2 is 1.77 bits per heavy atom. The van der Waals surface area contributed by atoms with E-state index < -0.39 is 23.5 Å². The Kier molecular flexibility index (Phi) is 4.98. The zero-order valence-corrected chi connectivity index (χ0v) is 15.3. The summed E-state index contributed by atoms with van der Waals surface area (Å²) in [5.41, 5.74) is 0.0287. The number of ether oxygens (including phenoxy) is 1. The number of rotatable bonds is 4. The SMILES string of the molecule is O=C(Nc1c(C2=NCCO2)cnn1-c1ccc(F)cc1)c1ccc(C(F)(F)F)cc1. The van der Waals surface area contributed by atoms with Crippen molar-refractivity contribution in [1.29, 1.82) is 0 Å².